The lowest BCUT2D eigenvalue weighted by Gasteiger charge is -2.29. The molecule has 0 aromatic heterocycles. The summed E-state index contributed by atoms with van der Waals surface area (Å²) in [6.45, 7) is 5.91. The number of halogens is 2. The van der Waals surface area contributed by atoms with Gasteiger partial charge in [0.15, 0.2) is 0 Å². The molecule has 0 unspecified atom stereocenters. The van der Waals surface area contributed by atoms with Gasteiger partial charge in [0.1, 0.15) is 11.5 Å². The lowest BCUT2D eigenvalue weighted by atomic mass is 9.95. The SMILES string of the molecule is CCC(C)(CC)Nc1cc(Cl)c(F)cc1[N+](=O)[O-]. The molecule has 0 bridgehead atoms. The molecular formula is C12H16ClFN2O2. The Labute approximate surface area is 110 Å². The second kappa shape index (κ2) is 5.52. The van der Waals surface area contributed by atoms with Crippen molar-refractivity contribution in [2.45, 2.75) is 39.2 Å². The van der Waals surface area contributed by atoms with Crippen LogP contribution in [0.2, 0.25) is 5.02 Å². The van der Waals surface area contributed by atoms with E-state index in [1.807, 2.05) is 20.8 Å². The summed E-state index contributed by atoms with van der Waals surface area (Å²) in [5.74, 6) is -0.788. The summed E-state index contributed by atoms with van der Waals surface area (Å²) in [6.07, 6.45) is 1.57. The Morgan fingerprint density at radius 3 is 2.44 bits per heavy atom. The summed E-state index contributed by atoms with van der Waals surface area (Å²) < 4.78 is 13.3. The van der Waals surface area contributed by atoms with Crippen molar-refractivity contribution in [1.82, 2.24) is 0 Å². The van der Waals surface area contributed by atoms with Crippen LogP contribution in [0.4, 0.5) is 15.8 Å². The lowest BCUT2D eigenvalue weighted by Crippen LogP contribution is -2.33. The Morgan fingerprint density at radius 1 is 1.44 bits per heavy atom. The lowest BCUT2D eigenvalue weighted by molar-refractivity contribution is -0.384. The molecule has 1 N–H and O–H groups in total. The highest BCUT2D eigenvalue weighted by Gasteiger charge is 2.25. The third kappa shape index (κ3) is 3.10. The molecule has 1 aromatic carbocycles. The number of nitro benzene ring substituents is 1. The predicted molar refractivity (Wildman–Crippen MR) is 70.7 cm³/mol. The second-order valence-corrected chi connectivity index (χ2v) is 4.84. The fraction of sp³-hybridized carbons (Fsp3) is 0.500. The summed E-state index contributed by atoms with van der Waals surface area (Å²) in [7, 11) is 0. The van der Waals surface area contributed by atoms with Gasteiger partial charge in [-0.2, -0.15) is 0 Å². The van der Waals surface area contributed by atoms with Crippen molar-refractivity contribution < 1.29 is 9.31 Å². The first-order chi connectivity index (χ1) is 8.33. The highest BCUT2D eigenvalue weighted by atomic mass is 35.5. The van der Waals surface area contributed by atoms with Gasteiger partial charge in [0, 0.05) is 5.54 Å². The Hall–Kier alpha value is -1.36. The molecule has 0 aliphatic rings. The summed E-state index contributed by atoms with van der Waals surface area (Å²) in [4.78, 5) is 10.3. The zero-order chi connectivity index (χ0) is 13.9. The number of hydrogen-bond donors (Lipinski definition) is 1. The van der Waals surface area contributed by atoms with Gasteiger partial charge in [0.2, 0.25) is 0 Å². The minimum Gasteiger partial charge on any atom is -0.374 e. The molecule has 6 heteroatoms. The minimum atomic E-state index is -0.788. The molecule has 0 atom stereocenters. The van der Waals surface area contributed by atoms with Gasteiger partial charge in [-0.05, 0) is 25.8 Å². The summed E-state index contributed by atoms with van der Waals surface area (Å²) in [6, 6.07) is 2.11. The van der Waals surface area contributed by atoms with Crippen molar-refractivity contribution in [2.75, 3.05) is 5.32 Å². The second-order valence-electron chi connectivity index (χ2n) is 4.43. The third-order valence-electron chi connectivity index (χ3n) is 3.23. The van der Waals surface area contributed by atoms with Crippen LogP contribution in [0.25, 0.3) is 0 Å². The van der Waals surface area contributed by atoms with Crippen molar-refractivity contribution >= 4 is 23.0 Å². The number of nitro groups is 1. The van der Waals surface area contributed by atoms with Gasteiger partial charge < -0.3 is 5.32 Å². The standard InChI is InChI=1S/C12H16ClFN2O2/c1-4-12(3,5-2)15-10-6-8(13)9(14)7-11(10)16(17)18/h6-7,15H,4-5H2,1-3H3. The Balaban J connectivity index is 3.22. The van der Waals surface area contributed by atoms with Crippen LogP contribution >= 0.6 is 11.6 Å². The molecule has 0 amide bonds. The minimum absolute atomic E-state index is 0.127. The van der Waals surface area contributed by atoms with E-state index in [0.29, 0.717) is 0 Å². The van der Waals surface area contributed by atoms with E-state index in [1.165, 1.54) is 6.07 Å². The number of hydrogen-bond acceptors (Lipinski definition) is 3. The topological polar surface area (TPSA) is 55.2 Å². The van der Waals surface area contributed by atoms with Gasteiger partial charge in [0.25, 0.3) is 5.69 Å². The van der Waals surface area contributed by atoms with Gasteiger partial charge in [-0.3, -0.25) is 10.1 Å². The molecule has 0 aliphatic carbocycles. The molecule has 1 rings (SSSR count). The van der Waals surface area contributed by atoms with E-state index in [4.69, 9.17) is 11.6 Å². The number of anilines is 1. The van der Waals surface area contributed by atoms with Crippen LogP contribution in [0, 0.1) is 15.9 Å². The van der Waals surface area contributed by atoms with Gasteiger partial charge in [-0.25, -0.2) is 4.39 Å². The van der Waals surface area contributed by atoms with E-state index in [9.17, 15) is 14.5 Å². The molecule has 100 valence electrons. The molecule has 0 spiro atoms. The summed E-state index contributed by atoms with van der Waals surface area (Å²) >= 11 is 5.67. The monoisotopic (exact) mass is 274 g/mol. The first-order valence-electron chi connectivity index (χ1n) is 5.74. The molecule has 0 aliphatic heterocycles. The highest BCUT2D eigenvalue weighted by Crippen LogP contribution is 2.33. The van der Waals surface area contributed by atoms with Gasteiger partial charge in [-0.1, -0.05) is 25.4 Å². The highest BCUT2D eigenvalue weighted by molar-refractivity contribution is 6.31. The van der Waals surface area contributed by atoms with Crippen LogP contribution in [0.1, 0.15) is 33.6 Å². The largest absolute Gasteiger partial charge is 0.374 e. The van der Waals surface area contributed by atoms with Crippen LogP contribution < -0.4 is 5.32 Å². The van der Waals surface area contributed by atoms with Crippen molar-refractivity contribution in [1.29, 1.82) is 0 Å². The average Bonchev–Trinajstić information content (AvgIpc) is 2.33. The first-order valence-corrected chi connectivity index (χ1v) is 6.12. The number of benzene rings is 1. The van der Waals surface area contributed by atoms with Crippen molar-refractivity contribution in [2.24, 2.45) is 0 Å². The van der Waals surface area contributed by atoms with E-state index >= 15 is 0 Å². The number of rotatable bonds is 5. The normalized spacial score (nSPS) is 11.4. The summed E-state index contributed by atoms with van der Waals surface area (Å²) in [5, 5.41) is 13.9. The van der Waals surface area contributed by atoms with E-state index in [-0.39, 0.29) is 21.9 Å². The van der Waals surface area contributed by atoms with Gasteiger partial charge in [-0.15, -0.1) is 0 Å². The molecule has 0 saturated heterocycles. The van der Waals surface area contributed by atoms with E-state index in [2.05, 4.69) is 5.32 Å². The van der Waals surface area contributed by atoms with Crippen LogP contribution in [0.3, 0.4) is 0 Å². The predicted octanol–water partition coefficient (Wildman–Crippen LogP) is 4.38. The molecule has 1 aromatic rings. The molecule has 0 saturated carbocycles. The van der Waals surface area contributed by atoms with E-state index < -0.39 is 10.7 Å². The van der Waals surface area contributed by atoms with Gasteiger partial charge in [0.05, 0.1) is 16.0 Å². The zero-order valence-electron chi connectivity index (χ0n) is 10.6. The van der Waals surface area contributed by atoms with Crippen LogP contribution in [-0.2, 0) is 0 Å². The maximum atomic E-state index is 13.3. The van der Waals surface area contributed by atoms with Crippen molar-refractivity contribution in [3.63, 3.8) is 0 Å². The zero-order valence-corrected chi connectivity index (χ0v) is 11.3. The molecule has 0 radical (unpaired) electrons. The third-order valence-corrected chi connectivity index (χ3v) is 3.52. The van der Waals surface area contributed by atoms with Crippen molar-refractivity contribution in [3.8, 4) is 0 Å². The molecule has 0 fully saturated rings. The fourth-order valence-corrected chi connectivity index (χ4v) is 1.70. The Kier molecular flexibility index (Phi) is 4.51. The molecule has 4 nitrogen and oxygen atoms in total. The number of nitrogens with one attached hydrogen (secondary N) is 1. The van der Waals surface area contributed by atoms with Crippen molar-refractivity contribution in [3.05, 3.63) is 33.1 Å². The fourth-order valence-electron chi connectivity index (χ4n) is 1.54. The Morgan fingerprint density at radius 2 is 2.00 bits per heavy atom. The molecule has 0 heterocycles. The van der Waals surface area contributed by atoms with Crippen LogP contribution in [-0.4, -0.2) is 10.5 Å². The maximum absolute atomic E-state index is 13.3. The molecule has 18 heavy (non-hydrogen) atoms. The quantitative estimate of drug-likeness (QED) is 0.640. The van der Waals surface area contributed by atoms with E-state index in [0.717, 1.165) is 18.9 Å². The molecular weight excluding hydrogens is 259 g/mol. The Bertz CT molecular complexity index is 462. The van der Waals surface area contributed by atoms with Crippen LogP contribution in [0.5, 0.6) is 0 Å². The summed E-state index contributed by atoms with van der Waals surface area (Å²) in [5.41, 5.74) is -0.339. The van der Waals surface area contributed by atoms with Gasteiger partial charge >= 0.3 is 0 Å². The number of nitrogens with zero attached hydrogens (tertiary/aromatic N) is 1. The van der Waals surface area contributed by atoms with E-state index in [1.54, 1.807) is 0 Å². The first kappa shape index (κ1) is 14.7. The smallest absolute Gasteiger partial charge is 0.295 e. The average molecular weight is 275 g/mol. The maximum Gasteiger partial charge on any atom is 0.295 e. The van der Waals surface area contributed by atoms with Crippen LogP contribution in [0.15, 0.2) is 12.1 Å².